The molecule has 0 amide bonds. The molecule has 4 heterocycles. The Morgan fingerprint density at radius 3 is 2.66 bits per heavy atom. The first-order valence-electron chi connectivity index (χ1n) is 15.4. The Morgan fingerprint density at radius 2 is 1.86 bits per heavy atom. The predicted molar refractivity (Wildman–Crippen MR) is 162 cm³/mol. The SMILES string of the molecule is Oc1cc(-c2c(F)cc3c(N4CC5CC(O)C(C4)N5)nc(OCC4(CN5CCOCC5)CC4)nc3c2F)c2ccccc2c1. The second-order valence-electron chi connectivity index (χ2n) is 12.8. The number of fused-ring (bicyclic) bond motifs is 4. The number of hydrogen-bond acceptors (Lipinski definition) is 9. The summed E-state index contributed by atoms with van der Waals surface area (Å²) in [7, 11) is 0. The molecule has 2 bridgehead atoms. The van der Waals surface area contributed by atoms with Crippen LogP contribution in [0.2, 0.25) is 0 Å². The van der Waals surface area contributed by atoms with Gasteiger partial charge in [-0.1, -0.05) is 24.3 Å². The first-order valence-corrected chi connectivity index (χ1v) is 15.4. The Balaban J connectivity index is 1.21. The predicted octanol–water partition coefficient (Wildman–Crippen LogP) is 3.84. The van der Waals surface area contributed by atoms with Crippen LogP contribution in [0.3, 0.4) is 0 Å². The monoisotopic (exact) mass is 603 g/mol. The molecule has 3 aromatic carbocycles. The largest absolute Gasteiger partial charge is 0.508 e. The topological polar surface area (TPSA) is 103 Å². The van der Waals surface area contributed by atoms with Crippen LogP contribution in [0.5, 0.6) is 11.8 Å². The smallest absolute Gasteiger partial charge is 0.319 e. The zero-order chi connectivity index (χ0) is 30.0. The third kappa shape index (κ3) is 5.01. The minimum atomic E-state index is -0.836. The molecule has 3 unspecified atom stereocenters. The quantitative estimate of drug-likeness (QED) is 0.291. The first kappa shape index (κ1) is 27.9. The van der Waals surface area contributed by atoms with E-state index in [2.05, 4.69) is 15.2 Å². The van der Waals surface area contributed by atoms with E-state index >= 15 is 8.78 Å². The van der Waals surface area contributed by atoms with Crippen molar-refractivity contribution in [3.63, 3.8) is 0 Å². The number of halogens is 2. The number of nitrogens with one attached hydrogen (secondary N) is 1. The van der Waals surface area contributed by atoms with Gasteiger partial charge in [-0.05, 0) is 53.8 Å². The molecule has 8 rings (SSSR count). The summed E-state index contributed by atoms with van der Waals surface area (Å²) < 4.78 is 44.5. The highest BCUT2D eigenvalue weighted by atomic mass is 19.1. The summed E-state index contributed by atoms with van der Waals surface area (Å²) in [6.07, 6.45) is 2.16. The second kappa shape index (κ2) is 10.8. The molecule has 3 saturated heterocycles. The molecule has 4 aromatic rings. The lowest BCUT2D eigenvalue weighted by atomic mass is 9.95. The Bertz CT molecular complexity index is 1740. The van der Waals surface area contributed by atoms with E-state index in [-0.39, 0.29) is 51.3 Å². The van der Waals surface area contributed by atoms with Crippen molar-refractivity contribution in [1.29, 1.82) is 0 Å². The molecular weight excluding hydrogens is 568 g/mol. The maximum Gasteiger partial charge on any atom is 0.319 e. The third-order valence-corrected chi connectivity index (χ3v) is 9.68. The van der Waals surface area contributed by atoms with Crippen molar-refractivity contribution in [2.24, 2.45) is 5.41 Å². The van der Waals surface area contributed by atoms with E-state index in [0.717, 1.165) is 45.7 Å². The summed E-state index contributed by atoms with van der Waals surface area (Å²) in [5.74, 6) is -1.31. The molecule has 4 aliphatic rings. The summed E-state index contributed by atoms with van der Waals surface area (Å²) >= 11 is 0. The summed E-state index contributed by atoms with van der Waals surface area (Å²) in [5.41, 5.74) is -0.0766. The number of phenols is 1. The fourth-order valence-electron chi connectivity index (χ4n) is 7.18. The molecular formula is C33H35F2N5O4. The number of phenolic OH excluding ortho intramolecular Hbond substituents is 1. The van der Waals surface area contributed by atoms with Crippen molar-refractivity contribution in [3.8, 4) is 22.9 Å². The number of aromatic nitrogens is 2. The maximum atomic E-state index is 16.7. The van der Waals surface area contributed by atoms with Crippen LogP contribution in [0.15, 0.2) is 42.5 Å². The van der Waals surface area contributed by atoms with E-state index in [1.807, 2.05) is 11.0 Å². The van der Waals surface area contributed by atoms with E-state index in [9.17, 15) is 10.2 Å². The van der Waals surface area contributed by atoms with E-state index in [1.165, 1.54) is 12.1 Å². The molecule has 0 radical (unpaired) electrons. The van der Waals surface area contributed by atoms with Crippen LogP contribution in [0.25, 0.3) is 32.8 Å². The number of hydrogen-bond donors (Lipinski definition) is 3. The Kier molecular flexibility index (Phi) is 6.82. The molecule has 9 nitrogen and oxygen atoms in total. The highest BCUT2D eigenvalue weighted by molar-refractivity contribution is 6.01. The highest BCUT2D eigenvalue weighted by Crippen LogP contribution is 2.47. The molecule has 1 aromatic heterocycles. The number of nitrogens with zero attached hydrogens (tertiary/aromatic N) is 4. The number of aliphatic hydroxyl groups is 1. The van der Waals surface area contributed by atoms with Crippen molar-refractivity contribution in [1.82, 2.24) is 20.2 Å². The third-order valence-electron chi connectivity index (χ3n) is 9.68. The summed E-state index contributed by atoms with van der Waals surface area (Å²) in [5, 5.41) is 25.9. The van der Waals surface area contributed by atoms with Gasteiger partial charge < -0.3 is 29.9 Å². The molecule has 4 fully saturated rings. The van der Waals surface area contributed by atoms with Crippen molar-refractivity contribution < 1.29 is 28.5 Å². The Labute approximate surface area is 253 Å². The molecule has 44 heavy (non-hydrogen) atoms. The van der Waals surface area contributed by atoms with Crippen LogP contribution in [0, 0.1) is 17.0 Å². The van der Waals surface area contributed by atoms with Crippen LogP contribution >= 0.6 is 0 Å². The van der Waals surface area contributed by atoms with Crippen LogP contribution < -0.4 is 15.0 Å². The molecule has 3 aliphatic heterocycles. The van der Waals surface area contributed by atoms with Gasteiger partial charge in [-0.15, -0.1) is 0 Å². The number of anilines is 1. The molecule has 3 N–H and O–H groups in total. The van der Waals surface area contributed by atoms with E-state index in [0.29, 0.717) is 42.7 Å². The number of aliphatic hydroxyl groups excluding tert-OH is 1. The first-order chi connectivity index (χ1) is 21.4. The van der Waals surface area contributed by atoms with Crippen LogP contribution in [0.1, 0.15) is 19.3 Å². The summed E-state index contributed by atoms with van der Waals surface area (Å²) in [6.45, 7) is 5.48. The Hall–Kier alpha value is -3.64. The molecule has 3 atom stereocenters. The maximum absolute atomic E-state index is 16.7. The van der Waals surface area contributed by atoms with Crippen LogP contribution in [-0.4, -0.2) is 95.8 Å². The van der Waals surface area contributed by atoms with Gasteiger partial charge in [0, 0.05) is 49.6 Å². The van der Waals surface area contributed by atoms with E-state index in [1.54, 1.807) is 24.3 Å². The molecule has 1 aliphatic carbocycles. The van der Waals surface area contributed by atoms with Gasteiger partial charge in [0.05, 0.1) is 37.5 Å². The zero-order valence-electron chi connectivity index (χ0n) is 24.3. The number of benzene rings is 3. The summed E-state index contributed by atoms with van der Waals surface area (Å²) in [4.78, 5) is 13.7. The molecule has 0 spiro atoms. The number of rotatable bonds is 7. The fraction of sp³-hybridized carbons (Fsp3) is 0.455. The van der Waals surface area contributed by atoms with Gasteiger partial charge >= 0.3 is 6.01 Å². The minimum absolute atomic E-state index is 0.0128. The lowest BCUT2D eigenvalue weighted by molar-refractivity contribution is 0.0231. The van der Waals surface area contributed by atoms with Crippen molar-refractivity contribution in [2.45, 2.75) is 37.5 Å². The van der Waals surface area contributed by atoms with Gasteiger partial charge in [-0.25, -0.2) is 8.78 Å². The average molecular weight is 604 g/mol. The normalized spacial score (nSPS) is 24.7. The van der Waals surface area contributed by atoms with Gasteiger partial charge in [-0.3, -0.25) is 4.90 Å². The molecule has 230 valence electrons. The van der Waals surface area contributed by atoms with E-state index < -0.39 is 17.7 Å². The summed E-state index contributed by atoms with van der Waals surface area (Å²) in [6, 6.07) is 11.3. The van der Waals surface area contributed by atoms with Gasteiger partial charge in [0.25, 0.3) is 0 Å². The van der Waals surface area contributed by atoms with Crippen molar-refractivity contribution >= 4 is 27.5 Å². The Morgan fingerprint density at radius 1 is 1.05 bits per heavy atom. The lowest BCUT2D eigenvalue weighted by Gasteiger charge is -2.34. The van der Waals surface area contributed by atoms with Gasteiger partial charge in [0.1, 0.15) is 22.9 Å². The van der Waals surface area contributed by atoms with Crippen LogP contribution in [0.4, 0.5) is 14.6 Å². The number of morpholine rings is 1. The molecule has 11 heteroatoms. The number of ether oxygens (including phenoxy) is 2. The number of piperazine rings is 1. The van der Waals surface area contributed by atoms with Crippen molar-refractivity contribution in [3.05, 3.63) is 54.1 Å². The average Bonchev–Trinajstić information content (AvgIpc) is 3.73. The van der Waals surface area contributed by atoms with E-state index in [4.69, 9.17) is 14.5 Å². The number of aromatic hydroxyl groups is 1. The van der Waals surface area contributed by atoms with Gasteiger partial charge in [-0.2, -0.15) is 9.97 Å². The minimum Gasteiger partial charge on any atom is -0.508 e. The highest BCUT2D eigenvalue weighted by Gasteiger charge is 2.45. The van der Waals surface area contributed by atoms with Gasteiger partial charge in [0.2, 0.25) is 0 Å². The lowest BCUT2D eigenvalue weighted by Crippen LogP contribution is -2.53. The van der Waals surface area contributed by atoms with Crippen molar-refractivity contribution in [2.75, 3.05) is 57.4 Å². The standard InChI is InChI=1S/C33H35F2N5O4/c34-25-14-24-30(29(35)28(25)23-13-21(41)11-19-3-1-2-4-22(19)23)37-32(38-31(24)40-15-20-12-27(42)26(16-40)36-20)44-18-33(5-6-33)17-39-7-9-43-10-8-39/h1-4,11,13-14,20,26-27,36,41-42H,5-10,12,15-18H2. The van der Waals surface area contributed by atoms with Crippen LogP contribution in [-0.2, 0) is 4.74 Å². The zero-order valence-corrected chi connectivity index (χ0v) is 24.3. The fourth-order valence-corrected chi connectivity index (χ4v) is 7.18. The second-order valence-corrected chi connectivity index (χ2v) is 12.8. The van der Waals surface area contributed by atoms with Gasteiger partial charge in [0.15, 0.2) is 5.82 Å². The molecule has 1 saturated carbocycles.